The number of rotatable bonds is 2. The van der Waals surface area contributed by atoms with Gasteiger partial charge in [0.25, 0.3) is 0 Å². The second-order valence-corrected chi connectivity index (χ2v) is 10.8. The maximum atomic E-state index is 4.91. The van der Waals surface area contributed by atoms with Crippen LogP contribution in [0.2, 0.25) is 0 Å². The first-order chi connectivity index (χ1) is 20.9. The lowest BCUT2D eigenvalue weighted by molar-refractivity contribution is 1.15. The van der Waals surface area contributed by atoms with E-state index in [9.17, 15) is 0 Å². The highest BCUT2D eigenvalue weighted by molar-refractivity contribution is 6.37. The van der Waals surface area contributed by atoms with Gasteiger partial charge < -0.3 is 9.13 Å². The Hall–Kier alpha value is -5.88. The maximum absolute atomic E-state index is 4.91. The number of nitrogens with zero attached hydrogens (tertiary/aromatic N) is 6. The molecule has 0 atom stereocenters. The van der Waals surface area contributed by atoms with Crippen LogP contribution in [0.5, 0.6) is 0 Å². The number of fused-ring (bicyclic) bond motifs is 8. The third-order valence-corrected chi connectivity index (χ3v) is 8.71. The molecule has 0 bridgehead atoms. The molecule has 42 heavy (non-hydrogen) atoms. The summed E-state index contributed by atoms with van der Waals surface area (Å²) < 4.78 is 4.61. The van der Waals surface area contributed by atoms with Gasteiger partial charge in [-0.2, -0.15) is 0 Å². The Labute approximate surface area is 238 Å². The molecule has 0 fully saturated rings. The Balaban J connectivity index is 1.42. The summed E-state index contributed by atoms with van der Waals surface area (Å²) >= 11 is 0. The van der Waals surface area contributed by atoms with Gasteiger partial charge in [0.05, 0.1) is 33.1 Å². The van der Waals surface area contributed by atoms with Gasteiger partial charge in [-0.3, -0.25) is 19.9 Å². The van der Waals surface area contributed by atoms with Crippen LogP contribution in [0.1, 0.15) is 0 Å². The van der Waals surface area contributed by atoms with Crippen molar-refractivity contribution < 1.29 is 0 Å². The number of hydrogen-bond acceptors (Lipinski definition) is 4. The number of pyridine rings is 4. The predicted molar refractivity (Wildman–Crippen MR) is 170 cm³/mol. The lowest BCUT2D eigenvalue weighted by Gasteiger charge is -2.14. The minimum absolute atomic E-state index is 1.00. The molecule has 6 heterocycles. The Bertz CT molecular complexity index is 2480. The minimum Gasteiger partial charge on any atom is -0.307 e. The molecule has 10 rings (SSSR count). The zero-order valence-electron chi connectivity index (χ0n) is 22.2. The molecule has 6 aromatic heterocycles. The van der Waals surface area contributed by atoms with Crippen molar-refractivity contribution in [3.8, 4) is 11.4 Å². The van der Waals surface area contributed by atoms with Crippen molar-refractivity contribution in [1.29, 1.82) is 0 Å². The summed E-state index contributed by atoms with van der Waals surface area (Å²) in [5.74, 6) is 0. The summed E-state index contributed by atoms with van der Waals surface area (Å²) in [7, 11) is 0. The van der Waals surface area contributed by atoms with Crippen LogP contribution in [0.4, 0.5) is 0 Å². The van der Waals surface area contributed by atoms with E-state index >= 15 is 0 Å². The van der Waals surface area contributed by atoms with Crippen molar-refractivity contribution in [3.05, 3.63) is 122 Å². The molecule has 0 aliphatic rings. The van der Waals surface area contributed by atoms with Crippen molar-refractivity contribution in [2.24, 2.45) is 0 Å². The highest BCUT2D eigenvalue weighted by Gasteiger charge is 2.22. The molecule has 0 saturated heterocycles. The van der Waals surface area contributed by atoms with Crippen LogP contribution in [0, 0.1) is 0 Å². The fourth-order valence-electron chi connectivity index (χ4n) is 7.11. The fraction of sp³-hybridized carbons (Fsp3) is 0. The molecular weight excluding hydrogens is 516 g/mol. The zero-order chi connectivity index (χ0) is 27.4. The van der Waals surface area contributed by atoms with Crippen LogP contribution in [0.3, 0.4) is 0 Å². The molecule has 4 aromatic carbocycles. The zero-order valence-corrected chi connectivity index (χ0v) is 22.2. The number of benzene rings is 4. The molecule has 194 valence electrons. The van der Waals surface area contributed by atoms with Crippen LogP contribution in [0.15, 0.2) is 122 Å². The van der Waals surface area contributed by atoms with Crippen LogP contribution >= 0.6 is 0 Å². The molecule has 0 amide bonds. The van der Waals surface area contributed by atoms with E-state index in [0.717, 1.165) is 44.5 Å². The van der Waals surface area contributed by atoms with E-state index in [1.165, 1.54) is 43.1 Å². The lowest BCUT2D eigenvalue weighted by Crippen LogP contribution is -1.95. The molecule has 0 aliphatic heterocycles. The minimum atomic E-state index is 1.00. The van der Waals surface area contributed by atoms with Gasteiger partial charge in [0.2, 0.25) is 0 Å². The van der Waals surface area contributed by atoms with E-state index in [0.29, 0.717) is 0 Å². The van der Waals surface area contributed by atoms with Crippen LogP contribution in [0.25, 0.3) is 87.6 Å². The van der Waals surface area contributed by atoms with Crippen molar-refractivity contribution in [2.75, 3.05) is 0 Å². The van der Waals surface area contributed by atoms with Crippen molar-refractivity contribution in [3.63, 3.8) is 0 Å². The first-order valence-corrected chi connectivity index (χ1v) is 14.0. The van der Waals surface area contributed by atoms with Gasteiger partial charge in [0.15, 0.2) is 0 Å². The number of hydrogen-bond donors (Lipinski definition) is 0. The van der Waals surface area contributed by atoms with E-state index < -0.39 is 0 Å². The van der Waals surface area contributed by atoms with Gasteiger partial charge in [0, 0.05) is 59.3 Å². The Kier molecular flexibility index (Phi) is 4.10. The molecule has 10 aromatic rings. The molecule has 0 spiro atoms. The Morgan fingerprint density at radius 2 is 0.857 bits per heavy atom. The highest BCUT2D eigenvalue weighted by atomic mass is 15.0. The third kappa shape index (κ3) is 2.68. The first-order valence-electron chi connectivity index (χ1n) is 14.0. The highest BCUT2D eigenvalue weighted by Crippen LogP contribution is 2.46. The van der Waals surface area contributed by atoms with Crippen LogP contribution < -0.4 is 0 Å². The van der Waals surface area contributed by atoms with Crippen molar-refractivity contribution in [1.82, 2.24) is 29.1 Å². The van der Waals surface area contributed by atoms with Crippen LogP contribution in [-0.4, -0.2) is 29.1 Å². The quantitative estimate of drug-likeness (QED) is 0.208. The van der Waals surface area contributed by atoms with E-state index in [1.807, 2.05) is 49.3 Å². The normalized spacial score (nSPS) is 12.3. The molecule has 0 unspecified atom stereocenters. The SMILES string of the molecule is c1cnc2c3c4ccc5cc6c(c7ccc(cc3n(-c3ccncc3)c2c1)c4c57)c1ncccc1n6-c1ccncc1. The van der Waals surface area contributed by atoms with Gasteiger partial charge in [-0.25, -0.2) is 0 Å². The van der Waals surface area contributed by atoms with Gasteiger partial charge in [0.1, 0.15) is 0 Å². The summed E-state index contributed by atoms with van der Waals surface area (Å²) in [6.07, 6.45) is 11.1. The Morgan fingerprint density at radius 1 is 0.405 bits per heavy atom. The number of aromatic nitrogens is 6. The second-order valence-electron chi connectivity index (χ2n) is 10.8. The molecule has 0 saturated carbocycles. The van der Waals surface area contributed by atoms with Gasteiger partial charge in [-0.15, -0.1) is 0 Å². The van der Waals surface area contributed by atoms with E-state index in [-0.39, 0.29) is 0 Å². The van der Waals surface area contributed by atoms with Crippen molar-refractivity contribution in [2.45, 2.75) is 0 Å². The first kappa shape index (κ1) is 21.9. The fourth-order valence-corrected chi connectivity index (χ4v) is 7.11. The lowest BCUT2D eigenvalue weighted by atomic mass is 9.91. The van der Waals surface area contributed by atoms with E-state index in [2.05, 4.69) is 91.9 Å². The smallest absolute Gasteiger partial charge is 0.0969 e. The second kappa shape index (κ2) is 7.86. The average Bonchev–Trinajstić information content (AvgIpc) is 3.56. The molecule has 0 aliphatic carbocycles. The molecule has 0 radical (unpaired) electrons. The van der Waals surface area contributed by atoms with E-state index in [4.69, 9.17) is 9.97 Å². The summed E-state index contributed by atoms with van der Waals surface area (Å²) in [6, 6.07) is 30.3. The topological polar surface area (TPSA) is 61.4 Å². The largest absolute Gasteiger partial charge is 0.307 e. The standard InChI is InChI=1S/C36H20N6/c1-3-27-35(39-13-1)33-25-7-5-22-20-30-34(36-28(4-2-14-40-36)42(30)24-11-17-38-18-12-24)26-8-6-21(31(25)32(22)26)19-29(33)41(27)23-9-15-37-16-10-23/h1-20H. The maximum Gasteiger partial charge on any atom is 0.0969 e. The summed E-state index contributed by atoms with van der Waals surface area (Å²) in [5, 5.41) is 9.70. The van der Waals surface area contributed by atoms with Crippen LogP contribution in [-0.2, 0) is 0 Å². The summed E-state index contributed by atoms with van der Waals surface area (Å²) in [4.78, 5) is 18.3. The monoisotopic (exact) mass is 536 g/mol. The molecule has 6 nitrogen and oxygen atoms in total. The van der Waals surface area contributed by atoms with E-state index in [1.54, 1.807) is 0 Å². The van der Waals surface area contributed by atoms with Gasteiger partial charge in [-0.05, 0) is 93.0 Å². The third-order valence-electron chi connectivity index (χ3n) is 8.71. The van der Waals surface area contributed by atoms with Gasteiger partial charge >= 0.3 is 0 Å². The van der Waals surface area contributed by atoms with Gasteiger partial charge in [-0.1, -0.05) is 24.3 Å². The molecular formula is C36H20N6. The summed E-state index contributed by atoms with van der Waals surface area (Å²) in [6.45, 7) is 0. The summed E-state index contributed by atoms with van der Waals surface area (Å²) in [5.41, 5.74) is 8.60. The van der Waals surface area contributed by atoms with Crippen molar-refractivity contribution >= 4 is 76.2 Å². The Morgan fingerprint density at radius 3 is 1.31 bits per heavy atom. The predicted octanol–water partition coefficient (Wildman–Crippen LogP) is 8.36. The average molecular weight is 537 g/mol. The molecule has 6 heteroatoms. The molecule has 0 N–H and O–H groups in total.